The lowest BCUT2D eigenvalue weighted by Crippen LogP contribution is -2.10. The monoisotopic (exact) mass is 128 g/mol. The van der Waals surface area contributed by atoms with Crippen LogP contribution in [0.4, 0.5) is 0 Å². The third-order valence-corrected chi connectivity index (χ3v) is 1.11. The first-order chi connectivity index (χ1) is 4.22. The second-order valence-corrected chi connectivity index (χ2v) is 1.95. The summed E-state index contributed by atoms with van der Waals surface area (Å²) in [6.45, 7) is 3.59. The first-order valence-corrected chi connectivity index (χ1v) is 3.28. The number of ketones is 2. The summed E-state index contributed by atoms with van der Waals surface area (Å²) in [7, 11) is 0. The minimum atomic E-state index is -0.239. The molecule has 0 amide bonds. The zero-order chi connectivity index (χ0) is 7.28. The van der Waals surface area contributed by atoms with Gasteiger partial charge in [0, 0.05) is 12.8 Å². The van der Waals surface area contributed by atoms with E-state index >= 15 is 0 Å². The maximum absolute atomic E-state index is 10.6. The van der Waals surface area contributed by atoms with Gasteiger partial charge in [0.15, 0.2) is 11.6 Å². The topological polar surface area (TPSA) is 34.1 Å². The van der Waals surface area contributed by atoms with Crippen molar-refractivity contribution in [2.24, 2.45) is 0 Å². The predicted octanol–water partition coefficient (Wildman–Crippen LogP) is 1.33. The van der Waals surface area contributed by atoms with Crippen LogP contribution in [0.15, 0.2) is 0 Å². The van der Waals surface area contributed by atoms with Crippen LogP contribution < -0.4 is 0 Å². The minimum Gasteiger partial charge on any atom is -0.291 e. The van der Waals surface area contributed by atoms with E-state index in [4.69, 9.17) is 0 Å². The Kier molecular flexibility index (Phi) is 3.93. The summed E-state index contributed by atoms with van der Waals surface area (Å²) >= 11 is 0. The summed E-state index contributed by atoms with van der Waals surface area (Å²) < 4.78 is 0. The molecule has 0 aromatic heterocycles. The lowest BCUT2D eigenvalue weighted by Gasteiger charge is -1.91. The molecule has 2 heteroatoms. The molecule has 0 heterocycles. The van der Waals surface area contributed by atoms with Crippen LogP contribution in [0.5, 0.6) is 0 Å². The van der Waals surface area contributed by atoms with Gasteiger partial charge in [0.25, 0.3) is 0 Å². The zero-order valence-electron chi connectivity index (χ0n) is 5.94. The molecule has 0 saturated heterocycles. The van der Waals surface area contributed by atoms with Gasteiger partial charge in [0.1, 0.15) is 0 Å². The Morgan fingerprint density at radius 1 is 1.11 bits per heavy atom. The highest BCUT2D eigenvalue weighted by molar-refractivity contribution is 6.37. The van der Waals surface area contributed by atoms with Crippen LogP contribution in [0.2, 0.25) is 0 Å². The highest BCUT2D eigenvalue weighted by atomic mass is 16.2. The summed E-state index contributed by atoms with van der Waals surface area (Å²) in [5.41, 5.74) is 0. The van der Waals surface area contributed by atoms with Crippen molar-refractivity contribution >= 4 is 11.6 Å². The second-order valence-electron chi connectivity index (χ2n) is 1.95. The number of rotatable bonds is 4. The summed E-state index contributed by atoms with van der Waals surface area (Å²) in [5, 5.41) is 0. The predicted molar refractivity (Wildman–Crippen MR) is 35.2 cm³/mol. The number of hydrogen-bond donors (Lipinski definition) is 0. The van der Waals surface area contributed by atoms with Gasteiger partial charge in [-0.25, -0.2) is 0 Å². The van der Waals surface area contributed by atoms with Gasteiger partial charge in [0.2, 0.25) is 0 Å². The maximum Gasteiger partial charge on any atom is 0.198 e. The van der Waals surface area contributed by atoms with E-state index in [0.29, 0.717) is 12.8 Å². The molecule has 0 aromatic carbocycles. The average molecular weight is 128 g/mol. The van der Waals surface area contributed by atoms with Crippen LogP contribution in [0.1, 0.15) is 33.1 Å². The fourth-order valence-electron chi connectivity index (χ4n) is 0.564. The second kappa shape index (κ2) is 4.24. The zero-order valence-corrected chi connectivity index (χ0v) is 5.94. The van der Waals surface area contributed by atoms with Crippen molar-refractivity contribution in [3.05, 3.63) is 0 Å². The van der Waals surface area contributed by atoms with Crippen LogP contribution in [0.3, 0.4) is 0 Å². The van der Waals surface area contributed by atoms with Crippen LogP contribution in [0, 0.1) is 0 Å². The lowest BCUT2D eigenvalue weighted by atomic mass is 10.1. The standard InChI is InChI=1S/C7H12O2/c1-3-5-7(9)6(8)4-2/h3-5H2,1-2H3. The van der Waals surface area contributed by atoms with Gasteiger partial charge in [-0.1, -0.05) is 13.8 Å². The molecule has 0 aliphatic heterocycles. The van der Waals surface area contributed by atoms with E-state index in [9.17, 15) is 9.59 Å². The van der Waals surface area contributed by atoms with Crippen molar-refractivity contribution in [2.45, 2.75) is 33.1 Å². The van der Waals surface area contributed by atoms with E-state index in [0.717, 1.165) is 6.42 Å². The SMILES string of the molecule is CCCC(=O)C(=O)CC. The molecule has 0 bridgehead atoms. The summed E-state index contributed by atoms with van der Waals surface area (Å²) in [5.74, 6) is -0.461. The Labute approximate surface area is 55.3 Å². The average Bonchev–Trinajstić information content (AvgIpc) is 1.87. The molecule has 0 fully saturated rings. The molecule has 2 nitrogen and oxygen atoms in total. The molecule has 0 atom stereocenters. The Balaban J connectivity index is 3.60. The Morgan fingerprint density at radius 3 is 2.00 bits per heavy atom. The number of hydrogen-bond acceptors (Lipinski definition) is 2. The molecule has 0 N–H and O–H groups in total. The normalized spacial score (nSPS) is 9.11. The molecule has 0 rings (SSSR count). The molecule has 0 aliphatic carbocycles. The molecule has 9 heavy (non-hydrogen) atoms. The van der Waals surface area contributed by atoms with Crippen molar-refractivity contribution in [3.63, 3.8) is 0 Å². The lowest BCUT2D eigenvalue weighted by molar-refractivity contribution is -0.136. The number of carbonyl (C=O) groups excluding carboxylic acids is 2. The number of carbonyl (C=O) groups is 2. The smallest absolute Gasteiger partial charge is 0.198 e. The fraction of sp³-hybridized carbons (Fsp3) is 0.714. The molecule has 0 saturated carbocycles. The highest BCUT2D eigenvalue weighted by Gasteiger charge is 2.07. The summed E-state index contributed by atoms with van der Waals surface area (Å²) in [6, 6.07) is 0. The van der Waals surface area contributed by atoms with Gasteiger partial charge < -0.3 is 0 Å². The fourth-order valence-corrected chi connectivity index (χ4v) is 0.564. The van der Waals surface area contributed by atoms with Gasteiger partial charge in [-0.15, -0.1) is 0 Å². The molecule has 0 radical (unpaired) electrons. The first-order valence-electron chi connectivity index (χ1n) is 3.28. The van der Waals surface area contributed by atoms with E-state index in [-0.39, 0.29) is 11.6 Å². The minimum absolute atomic E-state index is 0.222. The Morgan fingerprint density at radius 2 is 1.67 bits per heavy atom. The first kappa shape index (κ1) is 8.34. The van der Waals surface area contributed by atoms with Gasteiger partial charge in [0.05, 0.1) is 0 Å². The van der Waals surface area contributed by atoms with Crippen molar-refractivity contribution in [3.8, 4) is 0 Å². The van der Waals surface area contributed by atoms with E-state index in [1.165, 1.54) is 0 Å². The van der Waals surface area contributed by atoms with Crippen molar-refractivity contribution in [1.29, 1.82) is 0 Å². The van der Waals surface area contributed by atoms with Crippen molar-refractivity contribution < 1.29 is 9.59 Å². The van der Waals surface area contributed by atoms with Gasteiger partial charge in [-0.2, -0.15) is 0 Å². The molecule has 52 valence electrons. The van der Waals surface area contributed by atoms with Crippen LogP contribution in [-0.4, -0.2) is 11.6 Å². The highest BCUT2D eigenvalue weighted by Crippen LogP contribution is 1.92. The maximum atomic E-state index is 10.6. The van der Waals surface area contributed by atoms with Gasteiger partial charge in [-0.05, 0) is 6.42 Å². The van der Waals surface area contributed by atoms with E-state index in [1.807, 2.05) is 6.92 Å². The van der Waals surface area contributed by atoms with Crippen molar-refractivity contribution in [1.82, 2.24) is 0 Å². The van der Waals surface area contributed by atoms with Crippen molar-refractivity contribution in [2.75, 3.05) is 0 Å². The molecule has 0 unspecified atom stereocenters. The van der Waals surface area contributed by atoms with E-state index < -0.39 is 0 Å². The molecule has 0 aliphatic rings. The number of Topliss-reactive ketones (excluding diaryl/α,β-unsaturated/α-hetero) is 2. The molecular formula is C7H12O2. The molecule has 0 spiro atoms. The largest absolute Gasteiger partial charge is 0.291 e. The van der Waals surface area contributed by atoms with Crippen LogP contribution in [-0.2, 0) is 9.59 Å². The molecule has 0 aromatic rings. The molecular weight excluding hydrogens is 116 g/mol. The van der Waals surface area contributed by atoms with Gasteiger partial charge >= 0.3 is 0 Å². The third-order valence-electron chi connectivity index (χ3n) is 1.11. The van der Waals surface area contributed by atoms with Crippen LogP contribution in [0.25, 0.3) is 0 Å². The Bertz CT molecular complexity index is 116. The van der Waals surface area contributed by atoms with E-state index in [2.05, 4.69) is 0 Å². The van der Waals surface area contributed by atoms with Gasteiger partial charge in [-0.3, -0.25) is 9.59 Å². The summed E-state index contributed by atoms with van der Waals surface area (Å²) in [4.78, 5) is 21.2. The van der Waals surface area contributed by atoms with Crippen LogP contribution >= 0.6 is 0 Å². The third kappa shape index (κ3) is 3.01. The Hall–Kier alpha value is -0.660. The van der Waals surface area contributed by atoms with E-state index in [1.54, 1.807) is 6.92 Å². The quantitative estimate of drug-likeness (QED) is 0.535. The summed E-state index contributed by atoms with van der Waals surface area (Å²) in [6.07, 6.45) is 1.52.